The van der Waals surface area contributed by atoms with Gasteiger partial charge in [0.1, 0.15) is 92.1 Å². The highest BCUT2D eigenvalue weighted by molar-refractivity contribution is 7.48. The summed E-state index contributed by atoms with van der Waals surface area (Å²) in [6, 6.07) is 0.911. The summed E-state index contributed by atoms with van der Waals surface area (Å²) < 4.78 is 150. The van der Waals surface area contributed by atoms with Gasteiger partial charge < -0.3 is 80.9 Å². The topological polar surface area (TPSA) is 755 Å². The average Bonchev–Trinajstić information content (AvgIpc) is 1.63. The average molecular weight is 1610 g/mol. The molecule has 5 fully saturated rings. The van der Waals surface area contributed by atoms with Crippen molar-refractivity contribution in [1.29, 1.82) is 0 Å². The summed E-state index contributed by atoms with van der Waals surface area (Å²) >= 11 is 0. The second-order valence-electron chi connectivity index (χ2n) is 24.0. The summed E-state index contributed by atoms with van der Waals surface area (Å²) in [5.74, 6) is -0.786. The fraction of sp³-hybridized carbons (Fsp3) is 0.551. The molecule has 0 radical (unpaired) electrons. The number of hydrogen-bond acceptors (Lipinski definition) is 36. The van der Waals surface area contributed by atoms with Crippen molar-refractivity contribution in [2.75, 3.05) is 44.5 Å². The van der Waals surface area contributed by atoms with Crippen LogP contribution in [-0.2, 0) is 87.2 Å². The number of rotatable bonds is 28. The molecule has 106 heavy (non-hydrogen) atoms. The van der Waals surface area contributed by atoms with E-state index in [-0.39, 0.29) is 45.6 Å². The standard InChI is InChI=1S/C49H63N16O35P5.H3N/c1-18-9-62(48(74)59-40(18)69)30-5-20(24(92-30)11-87-101(76,77)78)97-102(79,80)89-13-26-22(7-32(94-26)64-16-52-34-38(64)55-45(50)57-42(34)71)99-104(83,84)88-12-25-21(6-31(93-25)63-10-19(2)41(70)60-49(63)75)98-103(81,82)90-14-27-23(8-33(95-27)65-17-53-35-39(65)56-46(51)58-43(35)72)100-105(85,86)91-15-28-36(67)37(68)44(96-28)61-4-3-29(66)54-47(61)73;/h3-4,9-10,16-17,20-28,30-33,36-37,44,67-68H,5-8,11-15H2,1-2H3,(H,79,80)(H,81,82)(H,83,84)(H,85,86)(H,54,66,73)(H,59,69,74)(H,60,70,75)(H2,76,77,78)(H3,50,55,57,71)(H3,51,56,58,72);1H3. The van der Waals surface area contributed by atoms with Crippen LogP contribution in [0.1, 0.15) is 67.9 Å². The Morgan fingerprint density at radius 2 is 0.802 bits per heavy atom. The number of anilines is 2. The second kappa shape index (κ2) is 30.9. The van der Waals surface area contributed by atoms with Crippen molar-refractivity contribution < 1.29 is 127 Å². The van der Waals surface area contributed by atoms with E-state index < -0.39 is 247 Å². The van der Waals surface area contributed by atoms with Gasteiger partial charge in [0.25, 0.3) is 27.8 Å². The number of nitrogen functional groups attached to an aromatic ring is 2. The van der Waals surface area contributed by atoms with Crippen molar-refractivity contribution in [1.82, 2.24) is 73.8 Å². The molecule has 5 aliphatic heterocycles. The van der Waals surface area contributed by atoms with Crippen LogP contribution in [-0.4, -0.2) is 207 Å². The van der Waals surface area contributed by atoms with Gasteiger partial charge in [-0.2, -0.15) is 9.97 Å². The molecule has 5 aliphatic rings. The molecule has 0 spiro atoms. The van der Waals surface area contributed by atoms with Crippen LogP contribution in [0.3, 0.4) is 0 Å². The molecule has 0 aliphatic carbocycles. The number of aromatic amines is 5. The first-order valence-electron chi connectivity index (χ1n) is 30.6. The van der Waals surface area contributed by atoms with Gasteiger partial charge in [0.05, 0.1) is 45.7 Å². The van der Waals surface area contributed by atoms with Crippen LogP contribution in [0, 0.1) is 13.8 Å². The minimum absolute atomic E-state index is 0. The van der Waals surface area contributed by atoms with Crippen LogP contribution < -0.4 is 62.5 Å². The molecule has 12 rings (SSSR count). The van der Waals surface area contributed by atoms with Crippen LogP contribution in [0.4, 0.5) is 11.9 Å². The third-order valence-electron chi connectivity index (χ3n) is 16.7. The van der Waals surface area contributed by atoms with Crippen molar-refractivity contribution in [2.24, 2.45) is 0 Å². The summed E-state index contributed by atoms with van der Waals surface area (Å²) in [4.78, 5) is 191. The summed E-state index contributed by atoms with van der Waals surface area (Å²) in [6.07, 6.45) is -23.9. The van der Waals surface area contributed by atoms with E-state index in [0.717, 1.165) is 60.1 Å². The molecule has 20 atom stereocenters. The molecule has 57 heteroatoms. The van der Waals surface area contributed by atoms with Crippen molar-refractivity contribution in [3.63, 3.8) is 0 Å². The summed E-state index contributed by atoms with van der Waals surface area (Å²) in [5.41, 5.74) is 3.43. The molecule has 7 aromatic heterocycles. The van der Waals surface area contributed by atoms with E-state index in [9.17, 15) is 101 Å². The van der Waals surface area contributed by atoms with Gasteiger partial charge in [-0.3, -0.25) is 112 Å². The van der Waals surface area contributed by atoms with Crippen molar-refractivity contribution in [2.45, 2.75) is 138 Å². The Hall–Kier alpha value is -7.43. The molecule has 0 bridgehead atoms. The lowest BCUT2D eigenvalue weighted by atomic mass is 10.1. The van der Waals surface area contributed by atoms with E-state index in [1.54, 1.807) is 0 Å². The molecule has 20 unspecified atom stereocenters. The summed E-state index contributed by atoms with van der Waals surface area (Å²) in [6.45, 7) is -2.80. The van der Waals surface area contributed by atoms with Crippen molar-refractivity contribution >= 4 is 73.3 Å². The normalized spacial score (nSPS) is 29.3. The third-order valence-corrected chi connectivity index (χ3v) is 21.2. The van der Waals surface area contributed by atoms with E-state index >= 15 is 0 Å². The Morgan fingerprint density at radius 3 is 1.16 bits per heavy atom. The number of aromatic nitrogens is 14. The van der Waals surface area contributed by atoms with E-state index in [4.69, 9.17) is 71.3 Å². The Morgan fingerprint density at radius 1 is 0.462 bits per heavy atom. The number of H-pyrrole nitrogens is 5. The number of imidazole rings is 2. The van der Waals surface area contributed by atoms with Crippen molar-refractivity contribution in [3.8, 4) is 0 Å². The molecule has 7 aromatic rings. The highest BCUT2D eigenvalue weighted by atomic mass is 31.2. The number of aryl methyl sites for hydroxylation is 2. The van der Waals surface area contributed by atoms with Gasteiger partial charge in [-0.05, 0) is 13.8 Å². The number of phosphoric acid groups is 5. The number of ether oxygens (including phenoxy) is 5. The lowest BCUT2D eigenvalue weighted by Gasteiger charge is -2.25. The van der Waals surface area contributed by atoms with Gasteiger partial charge in [-0.1, -0.05) is 0 Å². The minimum Gasteiger partial charge on any atom is -0.387 e. The van der Waals surface area contributed by atoms with E-state index in [1.807, 2.05) is 9.97 Å². The molecule has 5 saturated heterocycles. The van der Waals surface area contributed by atoms with E-state index in [2.05, 4.69) is 39.4 Å². The third kappa shape index (κ3) is 18.0. The zero-order valence-corrected chi connectivity index (χ0v) is 58.8. The van der Waals surface area contributed by atoms with E-state index in [0.29, 0.717) is 0 Å². The number of hydrogen-bond donors (Lipinski definition) is 16. The lowest BCUT2D eigenvalue weighted by molar-refractivity contribution is -0.0649. The highest BCUT2D eigenvalue weighted by Gasteiger charge is 2.51. The number of aliphatic hydroxyl groups excluding tert-OH is 2. The molecule has 12 heterocycles. The Balaban J connectivity index is 0.0000112. The number of phosphoric ester groups is 5. The second-order valence-corrected chi connectivity index (χ2v) is 30.8. The lowest BCUT2D eigenvalue weighted by Crippen LogP contribution is -2.37. The Labute approximate surface area is 586 Å². The first-order chi connectivity index (χ1) is 49.3. The van der Waals surface area contributed by atoms with Gasteiger partial charge >= 0.3 is 56.2 Å². The van der Waals surface area contributed by atoms with Crippen LogP contribution in [0.15, 0.2) is 75.7 Å². The predicted octanol–water partition coefficient (Wildman–Crippen LogP) is -4.27. The molecule has 52 nitrogen and oxygen atoms in total. The highest BCUT2D eigenvalue weighted by Crippen LogP contribution is 2.55. The maximum absolute atomic E-state index is 14.3. The smallest absolute Gasteiger partial charge is 0.387 e. The fourth-order valence-corrected chi connectivity index (χ4v) is 16.0. The maximum atomic E-state index is 14.3. The molecular weight excluding hydrogens is 1540 g/mol. The molecule has 582 valence electrons. The zero-order valence-electron chi connectivity index (χ0n) is 54.3. The minimum atomic E-state index is -5.64. The zero-order chi connectivity index (χ0) is 75.7. The quantitative estimate of drug-likeness (QED) is 0.0207. The largest absolute Gasteiger partial charge is 0.472 e. The molecule has 20 N–H and O–H groups in total. The van der Waals surface area contributed by atoms with Crippen LogP contribution >= 0.6 is 39.1 Å². The molecule has 0 amide bonds. The predicted molar refractivity (Wildman–Crippen MR) is 344 cm³/mol. The maximum Gasteiger partial charge on any atom is 0.472 e. The molecular formula is C49H66N17O35P5. The molecule has 0 aromatic carbocycles. The number of fused-ring (bicyclic) bond motifs is 2. The van der Waals surface area contributed by atoms with E-state index in [1.165, 1.54) is 13.8 Å². The van der Waals surface area contributed by atoms with Gasteiger partial charge in [0.15, 0.2) is 28.6 Å². The summed E-state index contributed by atoms with van der Waals surface area (Å²) in [5, 5.41) is 21.5. The van der Waals surface area contributed by atoms with Crippen LogP contribution in [0.5, 0.6) is 0 Å². The van der Waals surface area contributed by atoms with Gasteiger partial charge in [-0.15, -0.1) is 0 Å². The van der Waals surface area contributed by atoms with Crippen molar-refractivity contribution in [3.05, 3.63) is 132 Å². The van der Waals surface area contributed by atoms with Crippen LogP contribution in [0.25, 0.3) is 22.3 Å². The number of nitrogens with zero attached hydrogens (tertiary/aromatic N) is 9. The molecule has 0 saturated carbocycles. The van der Waals surface area contributed by atoms with Gasteiger partial charge in [-0.25, -0.2) is 47.2 Å². The first kappa shape index (κ1) is 79.6. The Bertz CT molecular complexity index is 5230. The first-order valence-corrected chi connectivity index (χ1v) is 38.1. The SMILES string of the molecule is Cc1cn(C2CC(OP(=O)(O)OCC3OC(n4cnc5c(=O)[nH]c(N)nc54)CC3OP(=O)(O)OCC3OC(n4cc(C)c(=O)[nH]c4=O)CC3OP(=O)(O)OCC3OC(n4cnc5c(=O)[nH]c(N)nc54)CC3OP(=O)(O)OCC3OC(n4ccc(=O)[nH]c4=O)C(O)C3O)C(COP(=O)(O)O)O2)c(=O)[nH]c1=O.N. The number of aliphatic hydroxyl groups is 2. The van der Waals surface area contributed by atoms with Gasteiger partial charge in [0.2, 0.25) is 11.9 Å². The van der Waals surface area contributed by atoms with Crippen LogP contribution in [0.2, 0.25) is 0 Å². The fourth-order valence-electron chi connectivity index (χ4n) is 11.8. The monoisotopic (exact) mass is 1610 g/mol. The summed E-state index contributed by atoms with van der Waals surface area (Å²) in [7, 11) is -27.5. The number of nitrogens with two attached hydrogens (primary N) is 2. The Kier molecular flexibility index (Phi) is 23.2. The number of nitrogens with one attached hydrogen (secondary N) is 5. The van der Waals surface area contributed by atoms with Gasteiger partial charge in [0, 0.05) is 61.5 Å².